The highest BCUT2D eigenvalue weighted by Crippen LogP contribution is 2.20. The van der Waals surface area contributed by atoms with Crippen molar-refractivity contribution in [2.24, 2.45) is 12.9 Å². The van der Waals surface area contributed by atoms with Gasteiger partial charge in [-0.25, -0.2) is 15.8 Å². The van der Waals surface area contributed by atoms with Gasteiger partial charge in [-0.05, 0) is 12.0 Å². The lowest BCUT2D eigenvalue weighted by Crippen LogP contribution is -2.11. The molecule has 0 spiro atoms. The molecule has 0 fully saturated rings. The number of nitrogens with zero attached hydrogens (tertiary/aromatic N) is 4. The van der Waals surface area contributed by atoms with Crippen molar-refractivity contribution in [3.05, 3.63) is 24.0 Å². The van der Waals surface area contributed by atoms with Gasteiger partial charge in [0, 0.05) is 25.0 Å². The van der Waals surface area contributed by atoms with Crippen LogP contribution in [0.15, 0.2) is 18.3 Å². The van der Waals surface area contributed by atoms with E-state index in [0.29, 0.717) is 17.6 Å². The number of anilines is 1. The van der Waals surface area contributed by atoms with Gasteiger partial charge in [-0.1, -0.05) is 13.8 Å². The minimum absolute atomic E-state index is 0.317. The monoisotopic (exact) mass is 232 g/mol. The van der Waals surface area contributed by atoms with Gasteiger partial charge < -0.3 is 5.43 Å². The fourth-order valence-corrected chi connectivity index (χ4v) is 1.54. The molecule has 2 aromatic rings. The topological polar surface area (TPSA) is 81.6 Å². The van der Waals surface area contributed by atoms with Crippen LogP contribution in [0, 0.1) is 0 Å². The molecule has 6 nitrogen and oxygen atoms in total. The summed E-state index contributed by atoms with van der Waals surface area (Å²) in [6.07, 6.45) is 1.72. The van der Waals surface area contributed by atoms with E-state index in [9.17, 15) is 0 Å². The van der Waals surface area contributed by atoms with Crippen LogP contribution in [0.1, 0.15) is 25.5 Å². The fraction of sp³-hybridized carbons (Fsp3) is 0.364. The number of nitrogens with two attached hydrogens (primary N) is 1. The predicted octanol–water partition coefficient (Wildman–Crippen LogP) is 1.29. The van der Waals surface area contributed by atoms with Gasteiger partial charge in [-0.3, -0.25) is 4.68 Å². The molecule has 0 radical (unpaired) electrons. The minimum atomic E-state index is 0.317. The van der Waals surface area contributed by atoms with Gasteiger partial charge in [-0.2, -0.15) is 5.10 Å². The number of nitrogen functional groups attached to an aromatic ring is 1. The van der Waals surface area contributed by atoms with Gasteiger partial charge in [0.1, 0.15) is 11.5 Å². The van der Waals surface area contributed by atoms with E-state index in [1.54, 1.807) is 10.9 Å². The Hall–Kier alpha value is -1.95. The number of aryl methyl sites for hydroxylation is 1. The first-order chi connectivity index (χ1) is 8.11. The molecule has 0 aromatic carbocycles. The van der Waals surface area contributed by atoms with Crippen molar-refractivity contribution in [3.63, 3.8) is 0 Å². The summed E-state index contributed by atoms with van der Waals surface area (Å²) >= 11 is 0. The Bertz CT molecular complexity index is 516. The summed E-state index contributed by atoms with van der Waals surface area (Å²) in [7, 11) is 1.86. The standard InChI is InChI=1S/C11H16N6/c1-7(2)8-6-10(16-12)15-11(14-8)9-4-5-13-17(9)3/h4-7H,12H2,1-3H3,(H,14,15,16). The number of hydrazine groups is 1. The number of hydrogen-bond acceptors (Lipinski definition) is 5. The Labute approximate surface area is 99.9 Å². The Kier molecular flexibility index (Phi) is 3.06. The van der Waals surface area contributed by atoms with Crippen molar-refractivity contribution in [2.75, 3.05) is 5.43 Å². The normalized spacial score (nSPS) is 10.9. The van der Waals surface area contributed by atoms with E-state index in [1.165, 1.54) is 0 Å². The number of rotatable bonds is 3. The second kappa shape index (κ2) is 4.50. The molecule has 0 saturated heterocycles. The molecule has 2 aromatic heterocycles. The van der Waals surface area contributed by atoms with Crippen LogP contribution in [0.2, 0.25) is 0 Å². The third kappa shape index (κ3) is 2.26. The molecule has 2 rings (SSSR count). The van der Waals surface area contributed by atoms with Crippen molar-refractivity contribution in [1.29, 1.82) is 0 Å². The van der Waals surface area contributed by atoms with Gasteiger partial charge >= 0.3 is 0 Å². The molecule has 0 atom stereocenters. The Morgan fingerprint density at radius 3 is 2.65 bits per heavy atom. The van der Waals surface area contributed by atoms with E-state index in [0.717, 1.165) is 11.4 Å². The summed E-state index contributed by atoms with van der Waals surface area (Å²) in [6, 6.07) is 3.73. The molecule has 3 N–H and O–H groups in total. The molecule has 17 heavy (non-hydrogen) atoms. The number of nitrogens with one attached hydrogen (secondary N) is 1. The highest BCUT2D eigenvalue weighted by atomic mass is 15.3. The number of aromatic nitrogens is 4. The highest BCUT2D eigenvalue weighted by molar-refractivity contribution is 5.53. The average molecular weight is 232 g/mol. The lowest BCUT2D eigenvalue weighted by Gasteiger charge is -2.09. The molecule has 0 amide bonds. The smallest absolute Gasteiger partial charge is 0.180 e. The third-order valence-corrected chi connectivity index (χ3v) is 2.54. The molecular formula is C11H16N6. The Balaban J connectivity index is 2.54. The van der Waals surface area contributed by atoms with Gasteiger partial charge in [-0.15, -0.1) is 0 Å². The van der Waals surface area contributed by atoms with Gasteiger partial charge in [0.25, 0.3) is 0 Å². The van der Waals surface area contributed by atoms with Crippen LogP contribution in [-0.2, 0) is 7.05 Å². The summed E-state index contributed by atoms with van der Waals surface area (Å²) in [4.78, 5) is 8.85. The average Bonchev–Trinajstić information content (AvgIpc) is 2.74. The summed E-state index contributed by atoms with van der Waals surface area (Å²) in [5.41, 5.74) is 4.38. The largest absolute Gasteiger partial charge is 0.308 e. The van der Waals surface area contributed by atoms with E-state index < -0.39 is 0 Å². The quantitative estimate of drug-likeness (QED) is 0.615. The molecule has 0 aliphatic rings. The fourth-order valence-electron chi connectivity index (χ4n) is 1.54. The van der Waals surface area contributed by atoms with Crippen LogP contribution in [0.3, 0.4) is 0 Å². The van der Waals surface area contributed by atoms with Crippen LogP contribution < -0.4 is 11.3 Å². The molecule has 6 heteroatoms. The summed E-state index contributed by atoms with van der Waals surface area (Å²) in [5.74, 6) is 6.97. The van der Waals surface area contributed by atoms with Crippen molar-refractivity contribution < 1.29 is 0 Å². The first kappa shape index (κ1) is 11.5. The molecule has 0 aliphatic heterocycles. The zero-order chi connectivity index (χ0) is 12.4. The Morgan fingerprint density at radius 2 is 2.12 bits per heavy atom. The van der Waals surface area contributed by atoms with Crippen LogP contribution in [0.4, 0.5) is 5.82 Å². The zero-order valence-corrected chi connectivity index (χ0v) is 10.2. The first-order valence-electron chi connectivity index (χ1n) is 5.45. The SMILES string of the molecule is CC(C)c1cc(NN)nc(-c2ccnn2C)n1. The summed E-state index contributed by atoms with van der Waals surface area (Å²) in [6.45, 7) is 4.16. The number of hydrogen-bond donors (Lipinski definition) is 2. The van der Waals surface area contributed by atoms with Crippen molar-refractivity contribution in [2.45, 2.75) is 19.8 Å². The molecule has 2 heterocycles. The van der Waals surface area contributed by atoms with Gasteiger partial charge in [0.15, 0.2) is 5.82 Å². The van der Waals surface area contributed by atoms with Crippen LogP contribution >= 0.6 is 0 Å². The maximum atomic E-state index is 5.42. The molecule has 0 aliphatic carbocycles. The molecule has 90 valence electrons. The third-order valence-electron chi connectivity index (χ3n) is 2.54. The van der Waals surface area contributed by atoms with Gasteiger partial charge in [0.05, 0.1) is 0 Å². The van der Waals surface area contributed by atoms with E-state index in [2.05, 4.69) is 34.3 Å². The minimum Gasteiger partial charge on any atom is -0.308 e. The van der Waals surface area contributed by atoms with E-state index in [4.69, 9.17) is 5.84 Å². The molecule has 0 unspecified atom stereocenters. The first-order valence-corrected chi connectivity index (χ1v) is 5.45. The van der Waals surface area contributed by atoms with E-state index >= 15 is 0 Å². The summed E-state index contributed by atoms with van der Waals surface area (Å²) < 4.78 is 1.74. The maximum Gasteiger partial charge on any atom is 0.180 e. The van der Waals surface area contributed by atoms with Crippen molar-refractivity contribution in [1.82, 2.24) is 19.7 Å². The van der Waals surface area contributed by atoms with Crippen molar-refractivity contribution in [3.8, 4) is 11.5 Å². The molecular weight excluding hydrogens is 216 g/mol. The van der Waals surface area contributed by atoms with E-state index in [-0.39, 0.29) is 0 Å². The molecule has 0 bridgehead atoms. The van der Waals surface area contributed by atoms with Gasteiger partial charge in [0.2, 0.25) is 0 Å². The van der Waals surface area contributed by atoms with Crippen molar-refractivity contribution >= 4 is 5.82 Å². The lowest BCUT2D eigenvalue weighted by molar-refractivity contribution is 0.763. The van der Waals surface area contributed by atoms with Crippen LogP contribution in [-0.4, -0.2) is 19.7 Å². The predicted molar refractivity (Wildman–Crippen MR) is 66.1 cm³/mol. The zero-order valence-electron chi connectivity index (χ0n) is 10.2. The van der Waals surface area contributed by atoms with E-state index in [1.807, 2.05) is 19.2 Å². The molecule has 0 saturated carbocycles. The maximum absolute atomic E-state index is 5.42. The summed E-state index contributed by atoms with van der Waals surface area (Å²) in [5, 5.41) is 4.11. The Morgan fingerprint density at radius 1 is 1.35 bits per heavy atom. The second-order valence-electron chi connectivity index (χ2n) is 4.14. The highest BCUT2D eigenvalue weighted by Gasteiger charge is 2.11. The second-order valence-corrected chi connectivity index (χ2v) is 4.14. The van der Waals surface area contributed by atoms with Crippen LogP contribution in [0.5, 0.6) is 0 Å². The van der Waals surface area contributed by atoms with Crippen LogP contribution in [0.25, 0.3) is 11.5 Å². The lowest BCUT2D eigenvalue weighted by atomic mass is 10.1.